The number of hydrazine groups is 1. The highest BCUT2D eigenvalue weighted by Gasteiger charge is 2.27. The van der Waals surface area contributed by atoms with E-state index < -0.39 is 11.8 Å². The van der Waals surface area contributed by atoms with Gasteiger partial charge >= 0.3 is 0 Å². The summed E-state index contributed by atoms with van der Waals surface area (Å²) in [5.41, 5.74) is 0.689. The lowest BCUT2D eigenvalue weighted by Gasteiger charge is -2.29. The molecule has 0 saturated carbocycles. The maximum Gasteiger partial charge on any atom is 0.249 e. The van der Waals surface area contributed by atoms with Crippen LogP contribution < -0.4 is 15.8 Å². The minimum absolute atomic E-state index is 0.0996. The van der Waals surface area contributed by atoms with Crippen molar-refractivity contribution in [3.05, 3.63) is 11.8 Å². The van der Waals surface area contributed by atoms with Gasteiger partial charge in [-0.15, -0.1) is 0 Å². The van der Waals surface area contributed by atoms with Crippen LogP contribution in [0.4, 0.5) is 11.8 Å². The molecule has 0 aliphatic carbocycles. The molecule has 0 spiro atoms. The third-order valence-electron chi connectivity index (χ3n) is 4.65. The average molecular weight is 394 g/mol. The zero-order valence-electron chi connectivity index (χ0n) is 16.6. The summed E-state index contributed by atoms with van der Waals surface area (Å²) in [7, 11) is 0. The van der Waals surface area contributed by atoms with Crippen molar-refractivity contribution < 1.29 is 19.5 Å². The normalized spacial score (nSPS) is 15.2. The van der Waals surface area contributed by atoms with Crippen LogP contribution in [0.1, 0.15) is 38.3 Å². The third-order valence-corrected chi connectivity index (χ3v) is 4.65. The number of carbonyl (C=O) groups is 2. The number of carbonyl (C=O) groups excluding carboxylic acids is 2. The molecule has 0 radical (unpaired) electrons. The number of rotatable bonds is 10. The highest BCUT2D eigenvalue weighted by molar-refractivity contribution is 5.92. The Balaban J connectivity index is 2.17. The molecular formula is C18H30N6O4. The number of unbranched alkanes of at least 4 members (excludes halogenated alkanes) is 2. The number of morpholine rings is 1. The number of hydrogen-bond donors (Lipinski definition) is 2. The topological polar surface area (TPSA) is 125 Å². The van der Waals surface area contributed by atoms with Crippen molar-refractivity contribution in [2.75, 3.05) is 42.8 Å². The van der Waals surface area contributed by atoms with Crippen LogP contribution in [-0.2, 0) is 14.3 Å². The first-order valence-electron chi connectivity index (χ1n) is 9.64. The molecule has 1 aliphatic heterocycles. The van der Waals surface area contributed by atoms with Gasteiger partial charge in [0.25, 0.3) is 0 Å². The predicted molar refractivity (Wildman–Crippen MR) is 104 cm³/mol. The van der Waals surface area contributed by atoms with Gasteiger partial charge in [-0.25, -0.2) is 20.9 Å². The first-order chi connectivity index (χ1) is 13.5. The van der Waals surface area contributed by atoms with E-state index in [-0.39, 0.29) is 18.9 Å². The van der Waals surface area contributed by atoms with Gasteiger partial charge in [-0.1, -0.05) is 26.2 Å². The number of aryl methyl sites for hydroxylation is 1. The van der Waals surface area contributed by atoms with Gasteiger partial charge in [0.15, 0.2) is 0 Å². The minimum atomic E-state index is -0.636. The zero-order chi connectivity index (χ0) is 20.5. The molecule has 1 aliphatic rings. The third kappa shape index (κ3) is 6.11. The lowest BCUT2D eigenvalue weighted by atomic mass is 10.00. The number of hydroxylamine groups is 2. The monoisotopic (exact) mass is 394 g/mol. The van der Waals surface area contributed by atoms with E-state index in [0.717, 1.165) is 24.3 Å². The molecule has 2 rings (SSSR count). The van der Waals surface area contributed by atoms with E-state index in [4.69, 9.17) is 10.6 Å². The van der Waals surface area contributed by atoms with Crippen LogP contribution in [0.25, 0.3) is 0 Å². The van der Waals surface area contributed by atoms with Crippen molar-refractivity contribution in [1.82, 2.24) is 15.0 Å². The molecule has 156 valence electrons. The number of ether oxygens (including phenoxy) is 1. The van der Waals surface area contributed by atoms with Crippen LogP contribution in [0.5, 0.6) is 0 Å². The number of anilines is 2. The van der Waals surface area contributed by atoms with Gasteiger partial charge in [0.05, 0.1) is 25.7 Å². The SMILES string of the molecule is CCCCC[C@@H](CN(O)C=O)C(=O)N(N)c1nc(C)cc(N2CCOCC2)n1. The summed E-state index contributed by atoms with van der Waals surface area (Å²) in [6.45, 7) is 6.38. The lowest BCUT2D eigenvalue weighted by molar-refractivity contribution is -0.154. The fraction of sp³-hybridized carbons (Fsp3) is 0.667. The van der Waals surface area contributed by atoms with Crippen LogP contribution in [0.3, 0.4) is 0 Å². The molecule has 2 amide bonds. The first-order valence-corrected chi connectivity index (χ1v) is 9.64. The number of hydrogen-bond acceptors (Lipinski definition) is 8. The van der Waals surface area contributed by atoms with Crippen molar-refractivity contribution in [3.8, 4) is 0 Å². The van der Waals surface area contributed by atoms with E-state index in [1.807, 2.05) is 13.0 Å². The fourth-order valence-corrected chi connectivity index (χ4v) is 3.10. The average Bonchev–Trinajstić information content (AvgIpc) is 2.72. The second kappa shape index (κ2) is 10.9. The summed E-state index contributed by atoms with van der Waals surface area (Å²) in [5, 5.41) is 10.9. The Bertz CT molecular complexity index is 653. The van der Waals surface area contributed by atoms with Crippen molar-refractivity contribution in [1.29, 1.82) is 0 Å². The van der Waals surface area contributed by atoms with Gasteiger partial charge in [0.1, 0.15) is 5.82 Å². The molecule has 10 heteroatoms. The summed E-state index contributed by atoms with van der Waals surface area (Å²) in [4.78, 5) is 34.5. The van der Waals surface area contributed by atoms with Crippen LogP contribution in [-0.4, -0.2) is 65.4 Å². The fourth-order valence-electron chi connectivity index (χ4n) is 3.10. The Labute approximate surface area is 165 Å². The quantitative estimate of drug-likeness (QED) is 0.150. The highest BCUT2D eigenvalue weighted by Crippen LogP contribution is 2.20. The van der Waals surface area contributed by atoms with Crippen LogP contribution >= 0.6 is 0 Å². The van der Waals surface area contributed by atoms with E-state index in [1.54, 1.807) is 0 Å². The minimum Gasteiger partial charge on any atom is -0.378 e. The molecule has 1 fully saturated rings. The molecule has 0 unspecified atom stereocenters. The number of nitrogens with two attached hydrogens (primary N) is 1. The van der Waals surface area contributed by atoms with Gasteiger partial charge in [0.2, 0.25) is 18.3 Å². The Morgan fingerprint density at radius 1 is 1.39 bits per heavy atom. The van der Waals surface area contributed by atoms with E-state index in [2.05, 4.69) is 21.8 Å². The Kier molecular flexibility index (Phi) is 8.55. The van der Waals surface area contributed by atoms with Crippen LogP contribution in [0, 0.1) is 12.8 Å². The summed E-state index contributed by atoms with van der Waals surface area (Å²) >= 11 is 0. The van der Waals surface area contributed by atoms with Gasteiger partial charge in [-0.3, -0.25) is 14.8 Å². The number of amides is 2. The summed E-state index contributed by atoms with van der Waals surface area (Å²) in [5.74, 6) is 5.77. The highest BCUT2D eigenvalue weighted by atomic mass is 16.5. The molecule has 3 N–H and O–H groups in total. The van der Waals surface area contributed by atoms with Crippen LogP contribution in [0.15, 0.2) is 6.07 Å². The van der Waals surface area contributed by atoms with Gasteiger partial charge in [-0.05, 0) is 13.3 Å². The molecule has 2 heterocycles. The Morgan fingerprint density at radius 2 is 2.11 bits per heavy atom. The van der Waals surface area contributed by atoms with E-state index in [1.165, 1.54) is 0 Å². The van der Waals surface area contributed by atoms with Gasteiger partial charge in [-0.2, -0.15) is 4.98 Å². The second-order valence-electron chi connectivity index (χ2n) is 6.90. The predicted octanol–water partition coefficient (Wildman–Crippen LogP) is 0.872. The van der Waals surface area contributed by atoms with Gasteiger partial charge < -0.3 is 9.64 Å². The van der Waals surface area contributed by atoms with Crippen molar-refractivity contribution in [2.45, 2.75) is 39.5 Å². The molecular weight excluding hydrogens is 364 g/mol. The zero-order valence-corrected chi connectivity index (χ0v) is 16.6. The Hall–Kier alpha value is -2.30. The maximum absolute atomic E-state index is 12.9. The second-order valence-corrected chi connectivity index (χ2v) is 6.90. The molecule has 1 aromatic heterocycles. The number of nitrogens with zero attached hydrogens (tertiary/aromatic N) is 5. The largest absolute Gasteiger partial charge is 0.378 e. The van der Waals surface area contributed by atoms with E-state index >= 15 is 0 Å². The van der Waals surface area contributed by atoms with Crippen molar-refractivity contribution >= 4 is 24.1 Å². The Morgan fingerprint density at radius 3 is 2.75 bits per heavy atom. The molecule has 28 heavy (non-hydrogen) atoms. The van der Waals surface area contributed by atoms with E-state index in [9.17, 15) is 14.8 Å². The summed E-state index contributed by atoms with van der Waals surface area (Å²) < 4.78 is 5.36. The number of aromatic nitrogens is 2. The standard InChI is InChI=1S/C18H30N6O4/c1-3-4-5-6-15(12-23(27)13-25)17(26)24(19)18-20-14(2)11-16(21-18)22-7-9-28-10-8-22/h11,13,15,27H,3-10,12,19H2,1-2H3/t15-/m0/s1. The van der Waals surface area contributed by atoms with E-state index in [0.29, 0.717) is 49.3 Å². The van der Waals surface area contributed by atoms with Gasteiger partial charge in [0, 0.05) is 24.8 Å². The molecule has 0 bridgehead atoms. The maximum atomic E-state index is 12.9. The first kappa shape index (κ1) is 22.0. The van der Waals surface area contributed by atoms with Crippen molar-refractivity contribution in [2.24, 2.45) is 11.8 Å². The molecule has 10 nitrogen and oxygen atoms in total. The van der Waals surface area contributed by atoms with Crippen LogP contribution in [0.2, 0.25) is 0 Å². The van der Waals surface area contributed by atoms with Crippen molar-refractivity contribution in [3.63, 3.8) is 0 Å². The smallest absolute Gasteiger partial charge is 0.249 e. The lowest BCUT2D eigenvalue weighted by Crippen LogP contribution is -2.46. The molecule has 1 aromatic rings. The summed E-state index contributed by atoms with van der Waals surface area (Å²) in [6, 6.07) is 1.84. The molecule has 1 atom stereocenters. The molecule has 1 saturated heterocycles. The summed E-state index contributed by atoms with van der Waals surface area (Å²) in [6.07, 6.45) is 3.52. The molecule has 0 aromatic carbocycles.